The maximum atomic E-state index is 10.5. The average molecular weight is 192 g/mol. The molecule has 0 aliphatic rings. The summed E-state index contributed by atoms with van der Waals surface area (Å²) >= 11 is -2.01. The molecule has 0 aliphatic carbocycles. The van der Waals surface area contributed by atoms with E-state index in [4.69, 9.17) is 0 Å². The monoisotopic (exact) mass is 192 g/mol. The van der Waals surface area contributed by atoms with E-state index in [9.17, 15) is 8.76 Å². The molecule has 0 fully saturated rings. The Balaban J connectivity index is 0.00000121. The quantitative estimate of drug-likeness (QED) is 0.428. The minimum Gasteiger partial charge on any atom is -0.772 e. The second kappa shape index (κ2) is 5.89. The van der Waals surface area contributed by atoms with E-state index < -0.39 is 16.3 Å². The van der Waals surface area contributed by atoms with Gasteiger partial charge in [0.1, 0.15) is 0 Å². The van der Waals surface area contributed by atoms with Gasteiger partial charge < -0.3 is 4.55 Å². The second-order valence-electron chi connectivity index (χ2n) is 2.31. The van der Waals surface area contributed by atoms with Crippen LogP contribution in [0.4, 0.5) is 0 Å². The molecule has 0 bridgehead atoms. The van der Waals surface area contributed by atoms with Crippen LogP contribution in [0, 0.1) is 0 Å². The summed E-state index contributed by atoms with van der Waals surface area (Å²) in [6.45, 7) is 1.67. The van der Waals surface area contributed by atoms with Crippen LogP contribution in [0.2, 0.25) is 0 Å². The Kier molecular flexibility index (Phi) is 6.05. The van der Waals surface area contributed by atoms with Crippen molar-refractivity contribution in [3.05, 3.63) is 35.9 Å². The van der Waals surface area contributed by atoms with Gasteiger partial charge >= 0.3 is 29.6 Å². The summed E-state index contributed by atoms with van der Waals surface area (Å²) in [5.74, 6) is 0. The molecule has 60 valence electrons. The Labute approximate surface area is 97.0 Å². The average Bonchev–Trinajstić information content (AvgIpc) is 2.05. The summed E-state index contributed by atoms with van der Waals surface area (Å²) in [6, 6.07) is 9.14. The van der Waals surface area contributed by atoms with Gasteiger partial charge in [-0.05, 0) is 23.6 Å². The number of hydrogen-bond donors (Lipinski definition) is 0. The molecule has 0 saturated carbocycles. The van der Waals surface area contributed by atoms with Gasteiger partial charge in [0.2, 0.25) is 0 Å². The fraction of sp³-hybridized carbons (Fsp3) is 0.250. The fourth-order valence-corrected chi connectivity index (χ4v) is 1.21. The van der Waals surface area contributed by atoms with E-state index >= 15 is 0 Å². The number of hydrogen-bond acceptors (Lipinski definition) is 2. The van der Waals surface area contributed by atoms with E-state index in [2.05, 4.69) is 0 Å². The SMILES string of the molecule is CC(c1ccccc1)S(=O)[O-].[Na+]. The van der Waals surface area contributed by atoms with Crippen LogP contribution in [0.25, 0.3) is 0 Å². The molecule has 1 aromatic carbocycles. The summed E-state index contributed by atoms with van der Waals surface area (Å²) < 4.78 is 21.0. The Morgan fingerprint density at radius 1 is 1.33 bits per heavy atom. The molecular weight excluding hydrogens is 183 g/mol. The molecule has 1 rings (SSSR count). The van der Waals surface area contributed by atoms with Gasteiger partial charge in [-0.1, -0.05) is 30.3 Å². The smallest absolute Gasteiger partial charge is 0.772 e. The van der Waals surface area contributed by atoms with Crippen molar-refractivity contribution < 1.29 is 38.3 Å². The normalized spacial score (nSPS) is 14.5. The molecular formula is C8H9NaO2S. The maximum Gasteiger partial charge on any atom is 1.00 e. The zero-order valence-corrected chi connectivity index (χ0v) is 10.0. The van der Waals surface area contributed by atoms with E-state index in [1.165, 1.54) is 0 Å². The molecule has 2 unspecified atom stereocenters. The molecule has 1 aromatic rings. The molecule has 12 heavy (non-hydrogen) atoms. The topological polar surface area (TPSA) is 40.1 Å². The Morgan fingerprint density at radius 2 is 1.83 bits per heavy atom. The van der Waals surface area contributed by atoms with Gasteiger partial charge in [-0.25, -0.2) is 0 Å². The summed E-state index contributed by atoms with van der Waals surface area (Å²) in [7, 11) is 0. The van der Waals surface area contributed by atoms with E-state index in [0.717, 1.165) is 5.56 Å². The molecule has 0 heterocycles. The zero-order chi connectivity index (χ0) is 8.27. The molecule has 0 aliphatic heterocycles. The van der Waals surface area contributed by atoms with Crippen molar-refractivity contribution >= 4 is 11.1 Å². The Bertz CT molecular complexity index is 250. The largest absolute Gasteiger partial charge is 1.00 e. The molecule has 4 heteroatoms. The zero-order valence-electron chi connectivity index (χ0n) is 7.19. The van der Waals surface area contributed by atoms with Crippen molar-refractivity contribution in [2.45, 2.75) is 12.2 Å². The van der Waals surface area contributed by atoms with Gasteiger partial charge in [0, 0.05) is 5.25 Å². The Morgan fingerprint density at radius 3 is 2.25 bits per heavy atom. The van der Waals surface area contributed by atoms with Gasteiger partial charge in [0.25, 0.3) is 0 Å². The first kappa shape index (κ1) is 12.3. The predicted octanol–water partition coefficient (Wildman–Crippen LogP) is -1.37. The van der Waals surface area contributed by atoms with Gasteiger partial charge in [0.05, 0.1) is 0 Å². The third kappa shape index (κ3) is 3.37. The van der Waals surface area contributed by atoms with E-state index in [0.29, 0.717) is 0 Å². The molecule has 2 atom stereocenters. The van der Waals surface area contributed by atoms with Gasteiger partial charge in [-0.2, -0.15) is 0 Å². The standard InChI is InChI=1S/C8H10O2S.Na/c1-7(11(9)10)8-5-3-2-4-6-8;/h2-7H,1H3,(H,9,10);/q;+1/p-1. The van der Waals surface area contributed by atoms with Crippen molar-refractivity contribution in [2.75, 3.05) is 0 Å². The molecule has 2 nitrogen and oxygen atoms in total. The van der Waals surface area contributed by atoms with Gasteiger partial charge in [-0.3, -0.25) is 4.21 Å². The van der Waals surface area contributed by atoms with Crippen molar-refractivity contribution in [3.8, 4) is 0 Å². The second-order valence-corrected chi connectivity index (χ2v) is 3.54. The van der Waals surface area contributed by atoms with Crippen LogP contribution in [0.5, 0.6) is 0 Å². The van der Waals surface area contributed by atoms with Crippen molar-refractivity contribution in [3.63, 3.8) is 0 Å². The van der Waals surface area contributed by atoms with E-state index in [1.54, 1.807) is 19.1 Å². The fourth-order valence-electron chi connectivity index (χ4n) is 0.835. The van der Waals surface area contributed by atoms with Crippen molar-refractivity contribution in [1.82, 2.24) is 0 Å². The molecule has 0 saturated heterocycles. The third-order valence-corrected chi connectivity index (χ3v) is 2.41. The molecule has 0 aromatic heterocycles. The first-order valence-electron chi connectivity index (χ1n) is 3.35. The molecule has 0 spiro atoms. The van der Waals surface area contributed by atoms with Crippen LogP contribution >= 0.6 is 0 Å². The van der Waals surface area contributed by atoms with Crippen molar-refractivity contribution in [1.29, 1.82) is 0 Å². The minimum absolute atomic E-state index is 0. The first-order chi connectivity index (χ1) is 5.22. The van der Waals surface area contributed by atoms with Gasteiger partial charge in [-0.15, -0.1) is 0 Å². The number of benzene rings is 1. The van der Waals surface area contributed by atoms with Crippen LogP contribution in [-0.2, 0) is 11.1 Å². The molecule has 0 amide bonds. The summed E-state index contributed by atoms with van der Waals surface area (Å²) in [4.78, 5) is 0. The van der Waals surface area contributed by atoms with Crippen LogP contribution in [-0.4, -0.2) is 8.76 Å². The molecule has 0 radical (unpaired) electrons. The van der Waals surface area contributed by atoms with Crippen LogP contribution in [0.15, 0.2) is 30.3 Å². The summed E-state index contributed by atoms with van der Waals surface area (Å²) in [6.07, 6.45) is 0. The number of rotatable bonds is 2. The van der Waals surface area contributed by atoms with Gasteiger partial charge in [0.15, 0.2) is 0 Å². The van der Waals surface area contributed by atoms with Crippen LogP contribution in [0.1, 0.15) is 17.7 Å². The van der Waals surface area contributed by atoms with Crippen LogP contribution in [0.3, 0.4) is 0 Å². The summed E-state index contributed by atoms with van der Waals surface area (Å²) in [5.41, 5.74) is 0.834. The third-order valence-electron chi connectivity index (χ3n) is 1.56. The maximum absolute atomic E-state index is 10.5. The predicted molar refractivity (Wildman–Crippen MR) is 43.8 cm³/mol. The molecule has 0 N–H and O–H groups in total. The van der Waals surface area contributed by atoms with Crippen molar-refractivity contribution in [2.24, 2.45) is 0 Å². The van der Waals surface area contributed by atoms with E-state index in [1.807, 2.05) is 18.2 Å². The van der Waals surface area contributed by atoms with E-state index in [-0.39, 0.29) is 29.6 Å². The first-order valence-corrected chi connectivity index (χ1v) is 4.48. The van der Waals surface area contributed by atoms with Crippen LogP contribution < -0.4 is 29.6 Å². The minimum atomic E-state index is -2.01. The Hall–Kier alpha value is 0.330. The summed E-state index contributed by atoms with van der Waals surface area (Å²) in [5, 5.41) is -0.406.